The molecule has 4 rings (SSSR count). The van der Waals surface area contributed by atoms with Gasteiger partial charge in [-0.2, -0.15) is 0 Å². The van der Waals surface area contributed by atoms with Gasteiger partial charge >= 0.3 is 0 Å². The monoisotopic (exact) mass is 250 g/mol. The van der Waals surface area contributed by atoms with Gasteiger partial charge in [-0.25, -0.2) is 0 Å². The number of rotatable bonds is 0. The van der Waals surface area contributed by atoms with Gasteiger partial charge < -0.3 is 4.74 Å². The Morgan fingerprint density at radius 2 is 2.00 bits per heavy atom. The predicted molar refractivity (Wildman–Crippen MR) is 75.2 cm³/mol. The highest BCUT2D eigenvalue weighted by Crippen LogP contribution is 2.40. The van der Waals surface area contributed by atoms with E-state index in [2.05, 4.69) is 18.2 Å². The summed E-state index contributed by atoms with van der Waals surface area (Å²) in [4.78, 5) is 11.9. The predicted octanol–water partition coefficient (Wildman–Crippen LogP) is 3.78. The van der Waals surface area contributed by atoms with Crippen molar-refractivity contribution in [3.05, 3.63) is 52.6 Å². The molecule has 0 amide bonds. The smallest absolute Gasteiger partial charge is 0.167 e. The molecule has 19 heavy (non-hydrogen) atoms. The fraction of sp³-hybridized carbons (Fsp3) is 0.235. The molecule has 1 aliphatic heterocycles. The minimum Gasteiger partial charge on any atom is -0.488 e. The van der Waals surface area contributed by atoms with Gasteiger partial charge in [0.1, 0.15) is 12.4 Å². The van der Waals surface area contributed by atoms with Crippen LogP contribution in [-0.2, 0) is 0 Å². The van der Waals surface area contributed by atoms with Crippen molar-refractivity contribution >= 4 is 17.4 Å². The van der Waals surface area contributed by atoms with Crippen LogP contribution in [0.5, 0.6) is 5.75 Å². The number of allylic oxidation sites excluding steroid dienone is 3. The summed E-state index contributed by atoms with van der Waals surface area (Å²) in [5.41, 5.74) is 5.67. The molecule has 0 saturated heterocycles. The summed E-state index contributed by atoms with van der Waals surface area (Å²) in [6, 6.07) is 4.05. The van der Waals surface area contributed by atoms with E-state index in [0.29, 0.717) is 13.0 Å². The zero-order valence-electron chi connectivity index (χ0n) is 10.6. The van der Waals surface area contributed by atoms with Gasteiger partial charge in [0.15, 0.2) is 5.78 Å². The highest BCUT2D eigenvalue weighted by atomic mass is 16.5. The first-order valence-corrected chi connectivity index (χ1v) is 6.72. The average Bonchev–Trinajstić information content (AvgIpc) is 2.46. The van der Waals surface area contributed by atoms with Crippen LogP contribution in [-0.4, -0.2) is 12.4 Å². The Morgan fingerprint density at radius 3 is 2.95 bits per heavy atom. The average molecular weight is 250 g/mol. The quantitative estimate of drug-likeness (QED) is 0.700. The summed E-state index contributed by atoms with van der Waals surface area (Å²) >= 11 is 0. The summed E-state index contributed by atoms with van der Waals surface area (Å²) in [7, 11) is 0. The zero-order chi connectivity index (χ0) is 12.8. The van der Waals surface area contributed by atoms with E-state index in [1.165, 1.54) is 16.7 Å². The van der Waals surface area contributed by atoms with E-state index in [9.17, 15) is 4.79 Å². The molecule has 0 radical (unpaired) electrons. The van der Waals surface area contributed by atoms with Gasteiger partial charge in [-0.3, -0.25) is 4.79 Å². The normalized spacial score (nSPS) is 19.7. The number of ether oxygens (including phenoxy) is 1. The number of carbonyl (C=O) groups excluding carboxylic acids is 1. The molecule has 0 aromatic heterocycles. The molecule has 3 aliphatic rings. The van der Waals surface area contributed by atoms with Crippen LogP contribution in [0.2, 0.25) is 0 Å². The Bertz CT molecular complexity index is 675. The van der Waals surface area contributed by atoms with Crippen LogP contribution in [0.15, 0.2) is 35.9 Å². The van der Waals surface area contributed by atoms with Crippen molar-refractivity contribution in [2.24, 2.45) is 0 Å². The topological polar surface area (TPSA) is 26.3 Å². The fourth-order valence-electron chi connectivity index (χ4n) is 3.05. The van der Waals surface area contributed by atoms with Gasteiger partial charge in [0.25, 0.3) is 0 Å². The first-order chi connectivity index (χ1) is 9.33. The summed E-state index contributed by atoms with van der Waals surface area (Å²) in [5, 5.41) is 0. The molecule has 0 saturated carbocycles. The SMILES string of the molecule is O=C1CC=Cc2cc3c(cc21)OCC1=C3CCC=C1. The Kier molecular flexibility index (Phi) is 2.25. The van der Waals surface area contributed by atoms with Crippen molar-refractivity contribution < 1.29 is 9.53 Å². The molecule has 1 aromatic carbocycles. The summed E-state index contributed by atoms with van der Waals surface area (Å²) in [6.45, 7) is 0.627. The van der Waals surface area contributed by atoms with Gasteiger partial charge in [0.05, 0.1) is 0 Å². The molecule has 0 fully saturated rings. The number of benzene rings is 1. The lowest BCUT2D eigenvalue weighted by Gasteiger charge is -2.26. The minimum absolute atomic E-state index is 0.187. The Labute approximate surface area is 112 Å². The van der Waals surface area contributed by atoms with Gasteiger partial charge in [-0.05, 0) is 41.7 Å². The summed E-state index contributed by atoms with van der Waals surface area (Å²) in [5.74, 6) is 1.06. The lowest BCUT2D eigenvalue weighted by Crippen LogP contribution is -2.14. The first-order valence-electron chi connectivity index (χ1n) is 6.72. The fourth-order valence-corrected chi connectivity index (χ4v) is 3.05. The van der Waals surface area contributed by atoms with E-state index < -0.39 is 0 Å². The highest BCUT2D eigenvalue weighted by Gasteiger charge is 2.24. The maximum atomic E-state index is 11.9. The lowest BCUT2D eigenvalue weighted by atomic mass is 9.86. The van der Waals surface area contributed by atoms with Gasteiger partial charge in [0, 0.05) is 17.5 Å². The third kappa shape index (κ3) is 1.60. The standard InChI is InChI=1S/C17H14O2/c18-16-7-3-5-11-8-15-13-6-2-1-4-12(13)10-19-17(15)9-14(11)16/h1,3-5,8-9H,2,6-7,10H2. The van der Waals surface area contributed by atoms with Crippen LogP contribution in [0.1, 0.15) is 40.7 Å². The molecule has 94 valence electrons. The number of hydrogen-bond donors (Lipinski definition) is 0. The maximum absolute atomic E-state index is 11.9. The van der Waals surface area contributed by atoms with Gasteiger partial charge in [-0.1, -0.05) is 24.3 Å². The van der Waals surface area contributed by atoms with E-state index in [1.54, 1.807) is 0 Å². The molecule has 1 heterocycles. The molecule has 0 unspecified atom stereocenters. The lowest BCUT2D eigenvalue weighted by molar-refractivity contribution is 0.0994. The van der Waals surface area contributed by atoms with Crippen LogP contribution >= 0.6 is 0 Å². The maximum Gasteiger partial charge on any atom is 0.167 e. The van der Waals surface area contributed by atoms with E-state index in [4.69, 9.17) is 4.74 Å². The van der Waals surface area contributed by atoms with E-state index in [-0.39, 0.29) is 5.78 Å². The van der Waals surface area contributed by atoms with Crippen molar-refractivity contribution in [2.75, 3.05) is 6.61 Å². The second-order valence-corrected chi connectivity index (χ2v) is 5.20. The van der Waals surface area contributed by atoms with Gasteiger partial charge in [-0.15, -0.1) is 0 Å². The number of fused-ring (bicyclic) bond motifs is 3. The Hall–Kier alpha value is -2.09. The van der Waals surface area contributed by atoms with E-state index in [0.717, 1.165) is 29.7 Å². The van der Waals surface area contributed by atoms with Crippen LogP contribution in [0.4, 0.5) is 0 Å². The Balaban J connectivity index is 1.93. The summed E-state index contributed by atoms with van der Waals surface area (Å²) in [6.07, 6.45) is 11.0. The second-order valence-electron chi connectivity index (χ2n) is 5.20. The summed E-state index contributed by atoms with van der Waals surface area (Å²) < 4.78 is 5.82. The molecule has 0 bridgehead atoms. The first kappa shape index (κ1) is 10.8. The Morgan fingerprint density at radius 1 is 1.05 bits per heavy atom. The minimum atomic E-state index is 0.187. The number of Topliss-reactive ketones (excluding diaryl/α,β-unsaturated/α-hetero) is 1. The molecule has 0 atom stereocenters. The molecule has 1 aromatic rings. The molecule has 0 N–H and O–H groups in total. The molecule has 2 heteroatoms. The van der Waals surface area contributed by atoms with Crippen LogP contribution in [0.3, 0.4) is 0 Å². The number of ketones is 1. The molecular weight excluding hydrogens is 236 g/mol. The van der Waals surface area contributed by atoms with Crippen LogP contribution in [0, 0.1) is 0 Å². The van der Waals surface area contributed by atoms with Crippen molar-refractivity contribution in [2.45, 2.75) is 19.3 Å². The van der Waals surface area contributed by atoms with Crippen LogP contribution < -0.4 is 4.74 Å². The van der Waals surface area contributed by atoms with Crippen molar-refractivity contribution in [1.29, 1.82) is 0 Å². The number of hydrogen-bond acceptors (Lipinski definition) is 2. The third-order valence-corrected chi connectivity index (χ3v) is 4.03. The van der Waals surface area contributed by atoms with Gasteiger partial charge in [0.2, 0.25) is 0 Å². The van der Waals surface area contributed by atoms with E-state index in [1.807, 2.05) is 18.2 Å². The molecular formula is C17H14O2. The molecule has 0 spiro atoms. The molecule has 2 nitrogen and oxygen atoms in total. The van der Waals surface area contributed by atoms with Crippen molar-refractivity contribution in [3.8, 4) is 5.75 Å². The second kappa shape index (κ2) is 3.95. The number of carbonyl (C=O) groups is 1. The molecule has 2 aliphatic carbocycles. The van der Waals surface area contributed by atoms with Crippen molar-refractivity contribution in [3.63, 3.8) is 0 Å². The third-order valence-electron chi connectivity index (χ3n) is 4.03. The van der Waals surface area contributed by atoms with Crippen LogP contribution in [0.25, 0.3) is 11.6 Å². The van der Waals surface area contributed by atoms with Crippen molar-refractivity contribution in [1.82, 2.24) is 0 Å². The van der Waals surface area contributed by atoms with E-state index >= 15 is 0 Å². The highest BCUT2D eigenvalue weighted by molar-refractivity contribution is 6.04. The zero-order valence-corrected chi connectivity index (χ0v) is 10.6. The largest absolute Gasteiger partial charge is 0.488 e.